The molecule has 0 spiro atoms. The van der Waals surface area contributed by atoms with Gasteiger partial charge < -0.3 is 5.32 Å². The molecule has 0 aliphatic rings. The van der Waals surface area contributed by atoms with Crippen molar-refractivity contribution < 1.29 is 13.2 Å². The zero-order chi connectivity index (χ0) is 16.8. The molecule has 5 heteroatoms. The van der Waals surface area contributed by atoms with Crippen LogP contribution in [0, 0.1) is 12.8 Å². The van der Waals surface area contributed by atoms with E-state index in [4.69, 9.17) is 0 Å². The lowest BCUT2D eigenvalue weighted by Crippen LogP contribution is -2.36. The number of hydrogen-bond acceptors (Lipinski definition) is 3. The van der Waals surface area contributed by atoms with Gasteiger partial charge in [0.1, 0.15) is 5.75 Å². The Balaban J connectivity index is 2.51. The molecule has 1 atom stereocenters. The summed E-state index contributed by atoms with van der Waals surface area (Å²) in [5, 5.41) is 2.77. The maximum absolute atomic E-state index is 12.2. The number of rotatable bonds is 8. The first kappa shape index (κ1) is 18.7. The first-order valence-electron chi connectivity index (χ1n) is 7.79. The van der Waals surface area contributed by atoms with Crippen molar-refractivity contribution in [2.75, 3.05) is 5.75 Å². The molecule has 1 unspecified atom stereocenters. The zero-order valence-corrected chi connectivity index (χ0v) is 14.7. The van der Waals surface area contributed by atoms with E-state index >= 15 is 0 Å². The number of aryl methyl sites for hydroxylation is 1. The molecule has 0 saturated carbocycles. The Morgan fingerprint density at radius 1 is 1.09 bits per heavy atom. The molecular formula is C17H27NO3S. The molecule has 1 aromatic carbocycles. The normalized spacial score (nSPS) is 13.1. The highest BCUT2D eigenvalue weighted by molar-refractivity contribution is 7.92. The van der Waals surface area contributed by atoms with E-state index in [0.29, 0.717) is 5.92 Å². The van der Waals surface area contributed by atoms with Gasteiger partial charge >= 0.3 is 0 Å². The van der Waals surface area contributed by atoms with Gasteiger partial charge in [-0.25, -0.2) is 8.42 Å². The van der Waals surface area contributed by atoms with Crippen LogP contribution in [0.15, 0.2) is 29.2 Å². The smallest absolute Gasteiger partial charge is 0.235 e. The van der Waals surface area contributed by atoms with E-state index in [1.165, 1.54) is 0 Å². The van der Waals surface area contributed by atoms with E-state index in [0.717, 1.165) is 24.8 Å². The summed E-state index contributed by atoms with van der Waals surface area (Å²) in [6.45, 7) is 8.13. The molecule has 1 aromatic rings. The Kier molecular flexibility index (Phi) is 7.07. The predicted molar refractivity (Wildman–Crippen MR) is 89.5 cm³/mol. The van der Waals surface area contributed by atoms with Crippen LogP contribution in [0.5, 0.6) is 0 Å². The Bertz CT molecular complexity index is 576. The molecule has 0 fully saturated rings. The summed E-state index contributed by atoms with van der Waals surface area (Å²) in [5.41, 5.74) is 0.988. The lowest BCUT2D eigenvalue weighted by Gasteiger charge is -2.14. The number of hydrogen-bond donors (Lipinski definition) is 1. The average Bonchev–Trinajstić information content (AvgIpc) is 2.37. The van der Waals surface area contributed by atoms with Crippen LogP contribution in [-0.4, -0.2) is 26.1 Å². The van der Waals surface area contributed by atoms with E-state index in [2.05, 4.69) is 19.2 Å². The molecule has 0 saturated heterocycles. The second-order valence-electron chi connectivity index (χ2n) is 6.37. The topological polar surface area (TPSA) is 63.2 Å². The molecule has 1 rings (SSSR count). The molecule has 0 radical (unpaired) electrons. The minimum Gasteiger partial charge on any atom is -0.353 e. The van der Waals surface area contributed by atoms with Crippen molar-refractivity contribution >= 4 is 15.7 Å². The van der Waals surface area contributed by atoms with E-state index in [-0.39, 0.29) is 10.9 Å². The van der Waals surface area contributed by atoms with Crippen molar-refractivity contribution in [1.29, 1.82) is 0 Å². The van der Waals surface area contributed by atoms with Crippen molar-refractivity contribution in [3.05, 3.63) is 29.8 Å². The van der Waals surface area contributed by atoms with Crippen molar-refractivity contribution in [2.24, 2.45) is 5.92 Å². The molecular weight excluding hydrogens is 298 g/mol. The molecule has 0 aliphatic heterocycles. The number of carbonyl (C=O) groups is 1. The van der Waals surface area contributed by atoms with Gasteiger partial charge in [-0.15, -0.1) is 0 Å². The van der Waals surface area contributed by atoms with Gasteiger partial charge in [-0.3, -0.25) is 4.79 Å². The fraction of sp³-hybridized carbons (Fsp3) is 0.588. The number of benzene rings is 1. The molecule has 22 heavy (non-hydrogen) atoms. The second kappa shape index (κ2) is 8.32. The minimum atomic E-state index is -3.57. The highest BCUT2D eigenvalue weighted by Gasteiger charge is 2.20. The maximum Gasteiger partial charge on any atom is 0.235 e. The fourth-order valence-corrected chi connectivity index (χ4v) is 3.37. The quantitative estimate of drug-likeness (QED) is 0.799. The van der Waals surface area contributed by atoms with Crippen LogP contribution in [0.1, 0.15) is 45.6 Å². The number of sulfone groups is 1. The van der Waals surface area contributed by atoms with Gasteiger partial charge in [0.2, 0.25) is 5.91 Å². The summed E-state index contributed by atoms with van der Waals surface area (Å²) in [7, 11) is -3.57. The standard InChI is InChI=1S/C17H27NO3S/c1-13(2)6-5-7-15(4)18-17(19)12-22(20,21)16-10-8-14(3)9-11-16/h8-11,13,15H,5-7,12H2,1-4H3,(H,18,19). The lowest BCUT2D eigenvalue weighted by molar-refractivity contribution is -0.119. The summed E-state index contributed by atoms with van der Waals surface area (Å²) in [6, 6.07) is 6.56. The molecule has 0 heterocycles. The molecule has 0 bridgehead atoms. The van der Waals surface area contributed by atoms with Crippen LogP contribution in [0.2, 0.25) is 0 Å². The summed E-state index contributed by atoms with van der Waals surface area (Å²) in [6.07, 6.45) is 3.01. The second-order valence-corrected chi connectivity index (χ2v) is 8.36. The first-order chi connectivity index (χ1) is 10.2. The monoisotopic (exact) mass is 325 g/mol. The Hall–Kier alpha value is -1.36. The maximum atomic E-state index is 12.2. The van der Waals surface area contributed by atoms with Crippen LogP contribution in [0.3, 0.4) is 0 Å². The van der Waals surface area contributed by atoms with Crippen LogP contribution in [0.4, 0.5) is 0 Å². The van der Waals surface area contributed by atoms with Crippen LogP contribution >= 0.6 is 0 Å². The Morgan fingerprint density at radius 2 is 1.68 bits per heavy atom. The lowest BCUT2D eigenvalue weighted by atomic mass is 10.0. The van der Waals surface area contributed by atoms with Crippen molar-refractivity contribution in [2.45, 2.75) is 57.9 Å². The summed E-state index contributed by atoms with van der Waals surface area (Å²) < 4.78 is 24.4. The van der Waals surface area contributed by atoms with Crippen LogP contribution in [0.25, 0.3) is 0 Å². The zero-order valence-electron chi connectivity index (χ0n) is 13.9. The van der Waals surface area contributed by atoms with E-state index < -0.39 is 21.5 Å². The Labute approximate surface area is 134 Å². The Morgan fingerprint density at radius 3 is 2.23 bits per heavy atom. The van der Waals surface area contributed by atoms with Crippen LogP contribution in [-0.2, 0) is 14.6 Å². The molecule has 1 amide bonds. The van der Waals surface area contributed by atoms with Gasteiger partial charge in [0.05, 0.1) is 4.90 Å². The summed E-state index contributed by atoms with van der Waals surface area (Å²) in [4.78, 5) is 12.1. The number of nitrogens with one attached hydrogen (secondary N) is 1. The fourth-order valence-electron chi connectivity index (χ4n) is 2.22. The first-order valence-corrected chi connectivity index (χ1v) is 9.44. The highest BCUT2D eigenvalue weighted by atomic mass is 32.2. The van der Waals surface area contributed by atoms with Crippen molar-refractivity contribution in [1.82, 2.24) is 5.32 Å². The third-order valence-electron chi connectivity index (χ3n) is 3.53. The van der Waals surface area contributed by atoms with Gasteiger partial charge in [0.15, 0.2) is 9.84 Å². The van der Waals surface area contributed by atoms with Crippen molar-refractivity contribution in [3.63, 3.8) is 0 Å². The summed E-state index contributed by atoms with van der Waals surface area (Å²) in [5.74, 6) is -0.285. The molecule has 124 valence electrons. The third-order valence-corrected chi connectivity index (χ3v) is 5.16. The minimum absolute atomic E-state index is 0.000493. The average molecular weight is 325 g/mol. The van der Waals surface area contributed by atoms with E-state index in [9.17, 15) is 13.2 Å². The largest absolute Gasteiger partial charge is 0.353 e. The SMILES string of the molecule is Cc1ccc(S(=O)(=O)CC(=O)NC(C)CCCC(C)C)cc1. The van der Waals surface area contributed by atoms with E-state index in [1.807, 2.05) is 13.8 Å². The van der Waals surface area contributed by atoms with Gasteiger partial charge in [-0.05, 0) is 38.3 Å². The molecule has 0 aliphatic carbocycles. The van der Waals surface area contributed by atoms with E-state index in [1.54, 1.807) is 24.3 Å². The van der Waals surface area contributed by atoms with Crippen molar-refractivity contribution in [3.8, 4) is 0 Å². The van der Waals surface area contributed by atoms with Gasteiger partial charge in [-0.2, -0.15) is 0 Å². The number of carbonyl (C=O) groups excluding carboxylic acids is 1. The third kappa shape index (κ3) is 6.60. The molecule has 1 N–H and O–H groups in total. The van der Waals surface area contributed by atoms with Gasteiger partial charge in [-0.1, -0.05) is 44.4 Å². The molecule has 0 aromatic heterocycles. The van der Waals surface area contributed by atoms with Crippen LogP contribution < -0.4 is 5.32 Å². The molecule has 4 nitrogen and oxygen atoms in total. The highest BCUT2D eigenvalue weighted by Crippen LogP contribution is 2.12. The van der Waals surface area contributed by atoms with Gasteiger partial charge in [0, 0.05) is 6.04 Å². The number of amides is 1. The van der Waals surface area contributed by atoms with Gasteiger partial charge in [0.25, 0.3) is 0 Å². The predicted octanol–water partition coefficient (Wildman–Crippen LogP) is 3.10. The summed E-state index contributed by atoms with van der Waals surface area (Å²) >= 11 is 0.